The lowest BCUT2D eigenvalue weighted by atomic mass is 10.0. The molecule has 0 bridgehead atoms. The van der Waals surface area contributed by atoms with Crippen molar-refractivity contribution in [3.05, 3.63) is 133 Å². The number of aromatic nitrogens is 1. The minimum absolute atomic E-state index is 0.980. The van der Waals surface area contributed by atoms with Crippen molar-refractivity contribution in [1.82, 2.24) is 4.98 Å². The van der Waals surface area contributed by atoms with Crippen LogP contribution in [-0.4, -0.2) is 4.98 Å². The van der Waals surface area contributed by atoms with Crippen LogP contribution in [0.2, 0.25) is 0 Å². The summed E-state index contributed by atoms with van der Waals surface area (Å²) in [4.78, 5) is 6.76. The Morgan fingerprint density at radius 3 is 1.53 bits per heavy atom. The van der Waals surface area contributed by atoms with Gasteiger partial charge in [0.2, 0.25) is 0 Å². The molecule has 0 saturated heterocycles. The van der Waals surface area contributed by atoms with Gasteiger partial charge in [0.1, 0.15) is 0 Å². The highest BCUT2D eigenvalue weighted by Gasteiger charge is 2.13. The van der Waals surface area contributed by atoms with Crippen LogP contribution in [0, 0.1) is 6.92 Å². The van der Waals surface area contributed by atoms with Crippen molar-refractivity contribution >= 4 is 17.1 Å². The van der Waals surface area contributed by atoms with Crippen LogP contribution in [0.3, 0.4) is 0 Å². The molecule has 154 valence electrons. The van der Waals surface area contributed by atoms with Crippen molar-refractivity contribution in [2.75, 3.05) is 4.90 Å². The van der Waals surface area contributed by atoms with E-state index in [1.54, 1.807) is 0 Å². The summed E-state index contributed by atoms with van der Waals surface area (Å²) in [5, 5.41) is 0. The van der Waals surface area contributed by atoms with Crippen LogP contribution in [0.25, 0.3) is 22.4 Å². The Bertz CT molecular complexity index is 1190. The van der Waals surface area contributed by atoms with E-state index in [2.05, 4.69) is 114 Å². The Morgan fingerprint density at radius 1 is 0.469 bits per heavy atom. The predicted octanol–water partition coefficient (Wildman–Crippen LogP) is 8.19. The predicted molar refractivity (Wildman–Crippen MR) is 135 cm³/mol. The van der Waals surface area contributed by atoms with Crippen molar-refractivity contribution in [2.45, 2.75) is 6.92 Å². The molecular formula is C30H24N2. The van der Waals surface area contributed by atoms with E-state index in [1.807, 2.05) is 30.5 Å². The number of hydrogen-bond donors (Lipinski definition) is 0. The lowest BCUT2D eigenvalue weighted by molar-refractivity contribution is 1.27. The Kier molecular flexibility index (Phi) is 5.50. The highest BCUT2D eigenvalue weighted by Crippen LogP contribution is 2.36. The monoisotopic (exact) mass is 412 g/mol. The number of rotatable bonds is 5. The number of hydrogen-bond acceptors (Lipinski definition) is 2. The minimum atomic E-state index is 0.980. The van der Waals surface area contributed by atoms with Crippen LogP contribution >= 0.6 is 0 Å². The van der Waals surface area contributed by atoms with Crippen molar-refractivity contribution < 1.29 is 0 Å². The normalized spacial score (nSPS) is 10.7. The maximum atomic E-state index is 4.47. The van der Waals surface area contributed by atoms with Gasteiger partial charge in [-0.1, -0.05) is 78.4 Å². The fourth-order valence-corrected chi connectivity index (χ4v) is 3.89. The summed E-state index contributed by atoms with van der Waals surface area (Å²) in [6, 6.07) is 42.5. The average molecular weight is 413 g/mol. The molecule has 2 heteroatoms. The minimum Gasteiger partial charge on any atom is -0.311 e. The van der Waals surface area contributed by atoms with E-state index in [-0.39, 0.29) is 0 Å². The van der Waals surface area contributed by atoms with Gasteiger partial charge >= 0.3 is 0 Å². The van der Waals surface area contributed by atoms with Gasteiger partial charge < -0.3 is 4.90 Å². The Labute approximate surface area is 189 Å². The van der Waals surface area contributed by atoms with Gasteiger partial charge in [0.15, 0.2) is 0 Å². The third kappa shape index (κ3) is 4.17. The second-order valence-corrected chi connectivity index (χ2v) is 7.85. The van der Waals surface area contributed by atoms with Crippen molar-refractivity contribution in [3.8, 4) is 22.4 Å². The van der Waals surface area contributed by atoms with E-state index in [0.29, 0.717) is 0 Å². The summed E-state index contributed by atoms with van der Waals surface area (Å²) in [7, 11) is 0. The fourth-order valence-electron chi connectivity index (χ4n) is 3.89. The van der Waals surface area contributed by atoms with Gasteiger partial charge in [-0.05, 0) is 66.6 Å². The van der Waals surface area contributed by atoms with E-state index in [1.165, 1.54) is 16.7 Å². The average Bonchev–Trinajstić information content (AvgIpc) is 2.87. The van der Waals surface area contributed by atoms with Crippen LogP contribution in [0.15, 0.2) is 128 Å². The van der Waals surface area contributed by atoms with Crippen LogP contribution < -0.4 is 4.90 Å². The molecule has 32 heavy (non-hydrogen) atoms. The molecule has 0 radical (unpaired) electrons. The summed E-state index contributed by atoms with van der Waals surface area (Å²) in [6.07, 6.45) is 1.83. The third-order valence-corrected chi connectivity index (χ3v) is 5.61. The first kappa shape index (κ1) is 19.8. The molecule has 0 spiro atoms. The molecule has 1 heterocycles. The van der Waals surface area contributed by atoms with Gasteiger partial charge in [0.25, 0.3) is 0 Å². The maximum Gasteiger partial charge on any atom is 0.0701 e. The summed E-state index contributed by atoms with van der Waals surface area (Å²) >= 11 is 0. The van der Waals surface area contributed by atoms with Crippen molar-refractivity contribution in [2.24, 2.45) is 0 Å². The van der Waals surface area contributed by atoms with Gasteiger partial charge in [0.05, 0.1) is 5.69 Å². The zero-order chi connectivity index (χ0) is 21.8. The molecule has 0 aliphatic rings. The van der Waals surface area contributed by atoms with E-state index in [9.17, 15) is 0 Å². The molecular weight excluding hydrogens is 388 g/mol. The second kappa shape index (κ2) is 8.91. The first-order valence-electron chi connectivity index (χ1n) is 10.8. The molecule has 0 amide bonds. The molecule has 0 unspecified atom stereocenters. The number of anilines is 3. The third-order valence-electron chi connectivity index (χ3n) is 5.61. The highest BCUT2D eigenvalue weighted by molar-refractivity contribution is 5.79. The zero-order valence-electron chi connectivity index (χ0n) is 18.0. The Balaban J connectivity index is 1.53. The van der Waals surface area contributed by atoms with Crippen LogP contribution in [0.1, 0.15) is 5.56 Å². The smallest absolute Gasteiger partial charge is 0.0701 e. The van der Waals surface area contributed by atoms with Crippen LogP contribution in [0.4, 0.5) is 17.1 Å². The SMILES string of the molecule is Cc1ccc(N(c2ccc(-c3ccccc3)cc2)c2ccc(-c3ccccn3)cc2)cc1. The maximum absolute atomic E-state index is 4.47. The van der Waals surface area contributed by atoms with Gasteiger partial charge in [-0.2, -0.15) is 0 Å². The molecule has 0 saturated carbocycles. The van der Waals surface area contributed by atoms with Gasteiger partial charge in [-0.15, -0.1) is 0 Å². The Morgan fingerprint density at radius 2 is 0.969 bits per heavy atom. The lowest BCUT2D eigenvalue weighted by Crippen LogP contribution is -2.09. The Hall–Kier alpha value is -4.17. The molecule has 5 aromatic rings. The highest BCUT2D eigenvalue weighted by atomic mass is 15.1. The number of pyridine rings is 1. The second-order valence-electron chi connectivity index (χ2n) is 7.85. The molecule has 0 aliphatic heterocycles. The summed E-state index contributed by atoms with van der Waals surface area (Å²) < 4.78 is 0. The van der Waals surface area contributed by atoms with E-state index in [4.69, 9.17) is 0 Å². The standard InChI is InChI=1S/C30H24N2/c1-23-10-16-27(17-11-23)32(28-18-12-25(13-19-28)24-7-3-2-4-8-24)29-20-14-26(15-21-29)30-9-5-6-22-31-30/h2-22H,1H3. The molecule has 0 aliphatic carbocycles. The number of aryl methyl sites for hydroxylation is 1. The molecule has 5 rings (SSSR count). The molecule has 0 atom stereocenters. The lowest BCUT2D eigenvalue weighted by Gasteiger charge is -2.26. The van der Waals surface area contributed by atoms with Gasteiger partial charge in [0, 0.05) is 28.8 Å². The van der Waals surface area contributed by atoms with E-state index >= 15 is 0 Å². The summed E-state index contributed by atoms with van der Waals surface area (Å²) in [6.45, 7) is 2.12. The van der Waals surface area contributed by atoms with Crippen molar-refractivity contribution in [1.29, 1.82) is 0 Å². The largest absolute Gasteiger partial charge is 0.311 e. The van der Waals surface area contributed by atoms with Crippen LogP contribution in [-0.2, 0) is 0 Å². The van der Waals surface area contributed by atoms with Crippen LogP contribution in [0.5, 0.6) is 0 Å². The number of benzene rings is 4. The van der Waals surface area contributed by atoms with Crippen molar-refractivity contribution in [3.63, 3.8) is 0 Å². The first-order valence-corrected chi connectivity index (χ1v) is 10.8. The number of nitrogens with zero attached hydrogens (tertiary/aromatic N) is 2. The van der Waals surface area contributed by atoms with E-state index in [0.717, 1.165) is 28.3 Å². The summed E-state index contributed by atoms with van der Waals surface area (Å²) in [5.74, 6) is 0. The zero-order valence-corrected chi connectivity index (χ0v) is 18.0. The molecule has 0 N–H and O–H groups in total. The molecule has 1 aromatic heterocycles. The van der Waals surface area contributed by atoms with Gasteiger partial charge in [-0.25, -0.2) is 0 Å². The molecule has 4 aromatic carbocycles. The first-order chi connectivity index (χ1) is 15.8. The topological polar surface area (TPSA) is 16.1 Å². The quantitative estimate of drug-likeness (QED) is 0.289. The molecule has 2 nitrogen and oxygen atoms in total. The van der Waals surface area contributed by atoms with E-state index < -0.39 is 0 Å². The molecule has 0 fully saturated rings. The summed E-state index contributed by atoms with van der Waals surface area (Å²) in [5.41, 5.74) is 9.14. The van der Waals surface area contributed by atoms with Gasteiger partial charge in [-0.3, -0.25) is 4.98 Å². The fraction of sp³-hybridized carbons (Fsp3) is 0.0333.